The third-order valence-electron chi connectivity index (χ3n) is 1.18. The summed E-state index contributed by atoms with van der Waals surface area (Å²) in [6.07, 6.45) is 1.11. The van der Waals surface area contributed by atoms with E-state index in [9.17, 15) is 0 Å². The molecule has 0 N–H and O–H groups in total. The number of nitrogens with zero attached hydrogens (tertiary/aromatic N) is 1. The molecule has 1 aromatic rings. The summed E-state index contributed by atoms with van der Waals surface area (Å²) in [6, 6.07) is 2.18. The van der Waals surface area contributed by atoms with Crippen molar-refractivity contribution in [3.63, 3.8) is 0 Å². The van der Waals surface area contributed by atoms with E-state index in [1.807, 2.05) is 11.8 Å². The molecule has 0 fully saturated rings. The first-order valence-electron chi connectivity index (χ1n) is 3.45. The smallest absolute Gasteiger partial charge is 0.110 e. The van der Waals surface area contributed by atoms with Gasteiger partial charge in [0.15, 0.2) is 0 Å². The van der Waals surface area contributed by atoms with E-state index in [-0.39, 0.29) is 0 Å². The minimum atomic E-state index is 1.11. The molecular weight excluding hydrogens is 162 g/mol. The van der Waals surface area contributed by atoms with Gasteiger partial charge in [0.25, 0.3) is 0 Å². The fourth-order valence-corrected chi connectivity index (χ4v) is 2.15. The van der Waals surface area contributed by atoms with Gasteiger partial charge in [-0.15, -0.1) is 11.8 Å². The number of aromatic nitrogens is 1. The molecule has 0 amide bonds. The summed E-state index contributed by atoms with van der Waals surface area (Å²) in [4.78, 5) is 1.39. The maximum atomic E-state index is 4.28. The van der Waals surface area contributed by atoms with Gasteiger partial charge in [-0.3, -0.25) is 0 Å². The molecule has 1 nitrogen and oxygen atoms in total. The van der Waals surface area contributed by atoms with Crippen molar-refractivity contribution in [1.82, 2.24) is 4.37 Å². The lowest BCUT2D eigenvalue weighted by Crippen LogP contribution is -1.69. The average molecular weight is 173 g/mol. The van der Waals surface area contributed by atoms with Crippen molar-refractivity contribution < 1.29 is 0 Å². The highest BCUT2D eigenvalue weighted by Gasteiger charge is 1.97. The van der Waals surface area contributed by atoms with Crippen molar-refractivity contribution in [2.75, 3.05) is 5.75 Å². The maximum absolute atomic E-state index is 4.28. The molecule has 0 saturated heterocycles. The summed E-state index contributed by atoms with van der Waals surface area (Å²) in [5.41, 5.74) is 0. The van der Waals surface area contributed by atoms with E-state index >= 15 is 0 Å². The molecule has 0 bridgehead atoms. The normalized spacial score (nSPS) is 10.2. The summed E-state index contributed by atoms with van der Waals surface area (Å²) in [5.74, 6) is 1.12. The van der Waals surface area contributed by atoms with Gasteiger partial charge >= 0.3 is 0 Å². The van der Waals surface area contributed by atoms with Crippen molar-refractivity contribution in [1.29, 1.82) is 0 Å². The zero-order valence-corrected chi connectivity index (χ0v) is 7.89. The van der Waals surface area contributed by atoms with E-state index in [2.05, 4.69) is 24.3 Å². The van der Waals surface area contributed by atoms with Gasteiger partial charge in [-0.05, 0) is 29.8 Å². The Kier molecular flexibility index (Phi) is 3.22. The van der Waals surface area contributed by atoms with Gasteiger partial charge in [0.1, 0.15) is 5.03 Å². The number of aryl methyl sites for hydroxylation is 1. The monoisotopic (exact) mass is 173 g/mol. The van der Waals surface area contributed by atoms with Crippen LogP contribution in [0, 0.1) is 0 Å². The summed E-state index contributed by atoms with van der Waals surface area (Å²) >= 11 is 3.43. The van der Waals surface area contributed by atoms with Gasteiger partial charge in [-0.25, -0.2) is 0 Å². The quantitative estimate of drug-likeness (QED) is 0.652. The van der Waals surface area contributed by atoms with Crippen LogP contribution in [0.5, 0.6) is 0 Å². The molecule has 0 aliphatic rings. The molecule has 56 valence electrons. The van der Waals surface area contributed by atoms with Crippen LogP contribution in [0.1, 0.15) is 18.7 Å². The molecule has 0 saturated carbocycles. The second kappa shape index (κ2) is 3.98. The highest BCUT2D eigenvalue weighted by atomic mass is 32.2. The zero-order chi connectivity index (χ0) is 7.40. The van der Waals surface area contributed by atoms with Crippen LogP contribution in [0.4, 0.5) is 0 Å². The fourth-order valence-electron chi connectivity index (χ4n) is 0.677. The van der Waals surface area contributed by atoms with E-state index in [4.69, 9.17) is 0 Å². The van der Waals surface area contributed by atoms with Gasteiger partial charge in [0.05, 0.1) is 0 Å². The second-order valence-corrected chi connectivity index (χ2v) is 4.09. The number of thioether (sulfide) groups is 1. The van der Waals surface area contributed by atoms with Gasteiger partial charge in [-0.1, -0.05) is 13.8 Å². The Balaban J connectivity index is 2.59. The molecule has 0 unspecified atom stereocenters. The lowest BCUT2D eigenvalue weighted by atomic mass is 10.4. The lowest BCUT2D eigenvalue weighted by molar-refractivity contribution is 1.17. The van der Waals surface area contributed by atoms with Crippen LogP contribution in [-0.2, 0) is 6.42 Å². The standard InChI is InChI=1S/C7H11NS2/c1-3-6-5-7(8-10-6)9-4-2/h5H,3-4H2,1-2H3. The Morgan fingerprint density at radius 3 is 2.90 bits per heavy atom. The predicted molar refractivity (Wildman–Crippen MR) is 47.9 cm³/mol. The molecule has 0 radical (unpaired) electrons. The molecule has 0 aliphatic carbocycles. The Labute approximate surface area is 70.0 Å². The number of hydrogen-bond acceptors (Lipinski definition) is 3. The molecule has 1 aromatic heterocycles. The van der Waals surface area contributed by atoms with E-state index in [0.29, 0.717) is 0 Å². The molecule has 0 aliphatic heterocycles. The van der Waals surface area contributed by atoms with E-state index < -0.39 is 0 Å². The van der Waals surface area contributed by atoms with Crippen LogP contribution in [0.3, 0.4) is 0 Å². The van der Waals surface area contributed by atoms with E-state index in [1.165, 1.54) is 9.90 Å². The molecule has 0 spiro atoms. The molecule has 1 rings (SSSR count). The third kappa shape index (κ3) is 1.99. The Bertz CT molecular complexity index is 195. The molecular formula is C7H11NS2. The minimum absolute atomic E-state index is 1.11. The summed E-state index contributed by atoms with van der Waals surface area (Å²) in [7, 11) is 0. The van der Waals surface area contributed by atoms with E-state index in [1.54, 1.807) is 11.5 Å². The van der Waals surface area contributed by atoms with Crippen LogP contribution >= 0.6 is 23.3 Å². The van der Waals surface area contributed by atoms with Gasteiger partial charge in [0, 0.05) is 4.88 Å². The second-order valence-electron chi connectivity index (χ2n) is 1.92. The SMILES string of the molecule is CCSc1cc(CC)sn1. The topological polar surface area (TPSA) is 12.9 Å². The zero-order valence-electron chi connectivity index (χ0n) is 6.26. The van der Waals surface area contributed by atoms with Gasteiger partial charge in [-0.2, -0.15) is 4.37 Å². The predicted octanol–water partition coefficient (Wildman–Crippen LogP) is 2.82. The maximum Gasteiger partial charge on any atom is 0.110 e. The fraction of sp³-hybridized carbons (Fsp3) is 0.571. The number of rotatable bonds is 3. The van der Waals surface area contributed by atoms with Crippen LogP contribution < -0.4 is 0 Å². The van der Waals surface area contributed by atoms with E-state index in [0.717, 1.165) is 12.2 Å². The molecule has 1 heterocycles. The van der Waals surface area contributed by atoms with Crippen LogP contribution in [-0.4, -0.2) is 10.1 Å². The first-order valence-corrected chi connectivity index (χ1v) is 5.21. The molecule has 0 atom stereocenters. The summed E-state index contributed by atoms with van der Waals surface area (Å²) in [5, 5.41) is 1.18. The van der Waals surface area contributed by atoms with Crippen molar-refractivity contribution in [2.24, 2.45) is 0 Å². The minimum Gasteiger partial charge on any atom is -0.186 e. The highest BCUT2D eigenvalue weighted by molar-refractivity contribution is 7.99. The first kappa shape index (κ1) is 8.08. The Hall–Kier alpha value is -0.0200. The van der Waals surface area contributed by atoms with Crippen molar-refractivity contribution in [2.45, 2.75) is 25.3 Å². The molecule has 3 heteroatoms. The van der Waals surface area contributed by atoms with Crippen LogP contribution in [0.15, 0.2) is 11.1 Å². The average Bonchev–Trinajstić information content (AvgIpc) is 2.37. The number of hydrogen-bond donors (Lipinski definition) is 0. The van der Waals surface area contributed by atoms with Crippen molar-refractivity contribution in [3.8, 4) is 0 Å². The van der Waals surface area contributed by atoms with Crippen molar-refractivity contribution >= 4 is 23.3 Å². The van der Waals surface area contributed by atoms with Gasteiger partial charge < -0.3 is 0 Å². The Morgan fingerprint density at radius 2 is 2.40 bits per heavy atom. The van der Waals surface area contributed by atoms with Crippen molar-refractivity contribution in [3.05, 3.63) is 10.9 Å². The molecule has 0 aromatic carbocycles. The summed E-state index contributed by atoms with van der Waals surface area (Å²) in [6.45, 7) is 4.31. The lowest BCUT2D eigenvalue weighted by Gasteiger charge is -1.85. The van der Waals surface area contributed by atoms with Crippen LogP contribution in [0.25, 0.3) is 0 Å². The summed E-state index contributed by atoms with van der Waals surface area (Å²) < 4.78 is 4.28. The third-order valence-corrected chi connectivity index (χ3v) is 3.02. The Morgan fingerprint density at radius 1 is 1.60 bits per heavy atom. The highest BCUT2D eigenvalue weighted by Crippen LogP contribution is 2.20. The largest absolute Gasteiger partial charge is 0.186 e. The van der Waals surface area contributed by atoms with Crippen LogP contribution in [0.2, 0.25) is 0 Å². The van der Waals surface area contributed by atoms with Gasteiger partial charge in [0.2, 0.25) is 0 Å². The first-order chi connectivity index (χ1) is 4.86. The molecule has 10 heavy (non-hydrogen) atoms.